The van der Waals surface area contributed by atoms with Crippen molar-refractivity contribution >= 4 is 6.21 Å². The van der Waals surface area contributed by atoms with Crippen molar-refractivity contribution in [3.05, 3.63) is 64.6 Å². The van der Waals surface area contributed by atoms with Gasteiger partial charge in [0, 0.05) is 18.2 Å². The second-order valence-corrected chi connectivity index (χ2v) is 7.65. The maximum Gasteiger partial charge on any atom is 0.217 e. The lowest BCUT2D eigenvalue weighted by molar-refractivity contribution is 0.327. The topological polar surface area (TPSA) is 97.2 Å². The van der Waals surface area contributed by atoms with Gasteiger partial charge in [-0.05, 0) is 67.5 Å². The van der Waals surface area contributed by atoms with Crippen LogP contribution < -0.4 is 10.5 Å². The van der Waals surface area contributed by atoms with Gasteiger partial charge >= 0.3 is 0 Å². The van der Waals surface area contributed by atoms with Gasteiger partial charge in [-0.2, -0.15) is 10.2 Å². The molecule has 2 atom stereocenters. The number of benzene rings is 1. The van der Waals surface area contributed by atoms with Crippen LogP contribution in [0.5, 0.6) is 5.88 Å². The highest BCUT2D eigenvalue weighted by atomic mass is 16.5. The predicted molar refractivity (Wildman–Crippen MR) is 122 cm³/mol. The van der Waals surface area contributed by atoms with Crippen LogP contribution in [0.15, 0.2) is 41.4 Å². The van der Waals surface area contributed by atoms with Crippen LogP contribution in [0, 0.1) is 30.6 Å². The third-order valence-electron chi connectivity index (χ3n) is 5.47. The molecule has 6 heteroatoms. The summed E-state index contributed by atoms with van der Waals surface area (Å²) in [5.41, 5.74) is 10.3. The largest absolute Gasteiger partial charge is 0.464 e. The molecule has 2 N–H and O–H groups in total. The zero-order valence-electron chi connectivity index (χ0n) is 17.8. The minimum Gasteiger partial charge on any atom is -0.464 e. The van der Waals surface area contributed by atoms with Gasteiger partial charge in [0.15, 0.2) is 6.61 Å². The van der Waals surface area contributed by atoms with E-state index in [9.17, 15) is 5.26 Å². The molecule has 0 spiro atoms. The number of ether oxygens (including phenoxy) is 1. The Morgan fingerprint density at radius 3 is 2.84 bits per heavy atom. The molecule has 0 bridgehead atoms. The van der Waals surface area contributed by atoms with Crippen molar-refractivity contribution in [2.45, 2.75) is 44.6 Å². The normalized spacial score (nSPS) is 17.5. The van der Waals surface area contributed by atoms with Gasteiger partial charge in [0.2, 0.25) is 5.88 Å². The number of aromatic nitrogens is 2. The van der Waals surface area contributed by atoms with E-state index in [0.717, 1.165) is 41.7 Å². The second kappa shape index (κ2) is 10.5. The van der Waals surface area contributed by atoms with Crippen molar-refractivity contribution in [1.29, 1.82) is 5.26 Å². The van der Waals surface area contributed by atoms with Gasteiger partial charge in [-0.1, -0.05) is 18.6 Å². The van der Waals surface area contributed by atoms with Crippen molar-refractivity contribution in [2.75, 3.05) is 13.2 Å². The van der Waals surface area contributed by atoms with E-state index in [2.05, 4.69) is 33.5 Å². The number of terminal acetylenes is 1. The molecule has 0 amide bonds. The lowest BCUT2D eigenvalue weighted by Crippen LogP contribution is -2.24. The van der Waals surface area contributed by atoms with Crippen molar-refractivity contribution in [2.24, 2.45) is 10.7 Å². The average Bonchev–Trinajstić information content (AvgIpc) is 2.72. The van der Waals surface area contributed by atoms with Crippen LogP contribution in [0.1, 0.15) is 59.3 Å². The van der Waals surface area contributed by atoms with Crippen LogP contribution >= 0.6 is 0 Å². The van der Waals surface area contributed by atoms with Gasteiger partial charge in [-0.25, -0.2) is 4.98 Å². The predicted octanol–water partition coefficient (Wildman–Crippen LogP) is 3.81. The highest BCUT2D eigenvalue weighted by Crippen LogP contribution is 2.50. The average molecular weight is 414 g/mol. The van der Waals surface area contributed by atoms with E-state index in [1.807, 2.05) is 31.2 Å². The Morgan fingerprint density at radius 1 is 1.35 bits per heavy atom. The molecular weight excluding hydrogens is 386 g/mol. The molecule has 0 radical (unpaired) electrons. The third kappa shape index (κ3) is 5.57. The Morgan fingerprint density at radius 2 is 2.16 bits per heavy atom. The number of hydrogen-bond donors (Lipinski definition) is 1. The summed E-state index contributed by atoms with van der Waals surface area (Å²) in [6.07, 6.45) is 9.86. The van der Waals surface area contributed by atoms with Crippen molar-refractivity contribution < 1.29 is 4.74 Å². The van der Waals surface area contributed by atoms with Crippen LogP contribution in [0.3, 0.4) is 0 Å². The van der Waals surface area contributed by atoms with Crippen molar-refractivity contribution in [3.63, 3.8) is 0 Å². The first kappa shape index (κ1) is 22.2. The second-order valence-electron chi connectivity index (χ2n) is 7.65. The fourth-order valence-electron chi connectivity index (χ4n) is 3.84. The molecule has 3 rings (SSSR count). The molecule has 2 aromatic rings. The molecule has 6 nitrogen and oxygen atoms in total. The Hall–Kier alpha value is -3.48. The Labute approximate surface area is 183 Å². The molecular formula is C25H27N5O. The zero-order chi connectivity index (χ0) is 22.2. The number of nitrogens with zero attached hydrogens (tertiary/aromatic N) is 4. The smallest absolute Gasteiger partial charge is 0.217 e. The maximum absolute atomic E-state index is 9.42. The first-order valence-electron chi connectivity index (χ1n) is 10.4. The lowest BCUT2D eigenvalue weighted by Gasteiger charge is -2.38. The van der Waals surface area contributed by atoms with Crippen LogP contribution in [0.4, 0.5) is 0 Å². The fourth-order valence-corrected chi connectivity index (χ4v) is 3.84. The molecule has 1 aromatic heterocycles. The van der Waals surface area contributed by atoms with Gasteiger partial charge in [-0.3, -0.25) is 4.99 Å². The Kier molecular flexibility index (Phi) is 7.54. The van der Waals surface area contributed by atoms with Gasteiger partial charge < -0.3 is 10.5 Å². The summed E-state index contributed by atoms with van der Waals surface area (Å²) in [5, 5.41) is 9.42. The highest BCUT2D eigenvalue weighted by Gasteiger charge is 2.36. The fraction of sp³-hybridized carbons (Fsp3) is 0.360. The number of hydrogen-bond acceptors (Lipinski definition) is 6. The SMILES string of the molecule is C#CCOc1cc(C2CCC2c2cc(C#N)ccc2C/N=C\C(=C)CCN)nc(C)n1. The summed E-state index contributed by atoms with van der Waals surface area (Å²) in [6, 6.07) is 9.96. The van der Waals surface area contributed by atoms with Gasteiger partial charge in [0.05, 0.1) is 23.9 Å². The number of aliphatic imine (C=N–C) groups is 1. The van der Waals surface area contributed by atoms with Crippen LogP contribution in [-0.2, 0) is 6.54 Å². The lowest BCUT2D eigenvalue weighted by atomic mass is 9.67. The van der Waals surface area contributed by atoms with Crippen LogP contribution in [-0.4, -0.2) is 29.3 Å². The highest BCUT2D eigenvalue weighted by molar-refractivity contribution is 5.77. The summed E-state index contributed by atoms with van der Waals surface area (Å²) in [5.74, 6) is 4.12. The number of nitrogens with two attached hydrogens (primary N) is 1. The monoisotopic (exact) mass is 413 g/mol. The van der Waals surface area contributed by atoms with Crippen LogP contribution in [0.25, 0.3) is 0 Å². The summed E-state index contributed by atoms with van der Waals surface area (Å²) in [4.78, 5) is 13.5. The Balaban J connectivity index is 1.86. The molecule has 158 valence electrons. The molecule has 1 aliphatic rings. The van der Waals surface area contributed by atoms with Crippen molar-refractivity contribution in [1.82, 2.24) is 9.97 Å². The zero-order valence-corrected chi connectivity index (χ0v) is 17.8. The first-order valence-corrected chi connectivity index (χ1v) is 10.4. The molecule has 31 heavy (non-hydrogen) atoms. The van der Waals surface area contributed by atoms with Gasteiger partial charge in [0.1, 0.15) is 5.82 Å². The van der Waals surface area contributed by atoms with E-state index in [4.69, 9.17) is 16.9 Å². The number of rotatable bonds is 9. The van der Waals surface area contributed by atoms with E-state index in [0.29, 0.717) is 30.4 Å². The van der Waals surface area contributed by atoms with E-state index >= 15 is 0 Å². The maximum atomic E-state index is 9.42. The quantitative estimate of drug-likeness (QED) is 0.498. The third-order valence-corrected chi connectivity index (χ3v) is 5.47. The van der Waals surface area contributed by atoms with Crippen molar-refractivity contribution in [3.8, 4) is 24.3 Å². The van der Waals surface area contributed by atoms with E-state index in [-0.39, 0.29) is 18.4 Å². The minimum absolute atomic E-state index is 0.172. The summed E-state index contributed by atoms with van der Waals surface area (Å²) in [7, 11) is 0. The van der Waals surface area contributed by atoms with E-state index in [1.165, 1.54) is 0 Å². The Bertz CT molecular complexity index is 1060. The van der Waals surface area contributed by atoms with Gasteiger partial charge in [-0.15, -0.1) is 6.42 Å². The summed E-state index contributed by atoms with van der Waals surface area (Å²) in [6.45, 7) is 7.08. The van der Waals surface area contributed by atoms with E-state index < -0.39 is 0 Å². The van der Waals surface area contributed by atoms with Crippen LogP contribution in [0.2, 0.25) is 0 Å². The molecule has 1 saturated carbocycles. The molecule has 0 aliphatic heterocycles. The van der Waals surface area contributed by atoms with Gasteiger partial charge in [0.25, 0.3) is 0 Å². The summed E-state index contributed by atoms with van der Waals surface area (Å²) < 4.78 is 5.53. The summed E-state index contributed by atoms with van der Waals surface area (Å²) >= 11 is 0. The molecule has 1 fully saturated rings. The molecule has 1 heterocycles. The molecule has 0 saturated heterocycles. The standard InChI is InChI=1S/C25H27N5O/c1-4-11-31-25-13-24(29-18(3)30-25)22-8-7-21(22)23-12-19(14-27)5-6-20(23)16-28-15-17(2)9-10-26/h1,5-6,12-13,15,21-22H,2,7-11,16,26H2,3H3/b28-15-. The number of aryl methyl sites for hydroxylation is 1. The molecule has 2 unspecified atom stereocenters. The minimum atomic E-state index is 0.172. The number of nitriles is 1. The molecule has 1 aliphatic carbocycles. The molecule has 1 aromatic carbocycles. The van der Waals surface area contributed by atoms with E-state index in [1.54, 1.807) is 6.21 Å². The first-order chi connectivity index (χ1) is 15.0.